The van der Waals surface area contributed by atoms with Gasteiger partial charge in [0.25, 0.3) is 0 Å². The van der Waals surface area contributed by atoms with Gasteiger partial charge >= 0.3 is 0 Å². The molecular formula is C30H34N8OS. The second-order valence-corrected chi connectivity index (χ2v) is 12.1. The van der Waals surface area contributed by atoms with Crippen molar-refractivity contribution in [2.24, 2.45) is 0 Å². The lowest BCUT2D eigenvalue weighted by molar-refractivity contribution is 0.0286. The van der Waals surface area contributed by atoms with Crippen molar-refractivity contribution in [3.05, 3.63) is 65.4 Å². The number of hydrogen-bond acceptors (Lipinski definition) is 9. The molecule has 2 saturated heterocycles. The minimum Gasteiger partial charge on any atom is -0.378 e. The Morgan fingerprint density at radius 2 is 1.85 bits per heavy atom. The number of pyridine rings is 1. The van der Waals surface area contributed by atoms with E-state index >= 15 is 0 Å². The van der Waals surface area contributed by atoms with Gasteiger partial charge in [-0.3, -0.25) is 19.9 Å². The topological polar surface area (TPSA) is 86.3 Å². The van der Waals surface area contributed by atoms with Crippen molar-refractivity contribution >= 4 is 38.3 Å². The van der Waals surface area contributed by atoms with Crippen LogP contribution in [-0.4, -0.2) is 86.4 Å². The van der Waals surface area contributed by atoms with Crippen molar-refractivity contribution in [1.29, 1.82) is 0 Å². The Balaban J connectivity index is 1.18. The van der Waals surface area contributed by atoms with Crippen LogP contribution in [0.2, 0.25) is 0 Å². The maximum atomic E-state index is 5.66. The molecule has 4 aromatic heterocycles. The smallest absolute Gasteiger partial charge is 0.162 e. The average Bonchev–Trinajstić information content (AvgIpc) is 3.62. The average molecular weight is 555 g/mol. The largest absolute Gasteiger partial charge is 0.378 e. The Morgan fingerprint density at radius 3 is 2.65 bits per heavy atom. The Bertz CT molecular complexity index is 1600. The number of anilines is 1. The Hall–Kier alpha value is -3.44. The van der Waals surface area contributed by atoms with E-state index in [1.54, 1.807) is 0 Å². The number of H-pyrrole nitrogens is 1. The van der Waals surface area contributed by atoms with Gasteiger partial charge < -0.3 is 9.64 Å². The van der Waals surface area contributed by atoms with Gasteiger partial charge in [-0.1, -0.05) is 18.2 Å². The van der Waals surface area contributed by atoms with Gasteiger partial charge in [0.1, 0.15) is 0 Å². The van der Waals surface area contributed by atoms with Crippen LogP contribution in [0.5, 0.6) is 0 Å². The van der Waals surface area contributed by atoms with Gasteiger partial charge in [-0.15, -0.1) is 11.3 Å². The molecule has 2 aliphatic rings. The van der Waals surface area contributed by atoms with Crippen molar-refractivity contribution in [2.75, 3.05) is 44.3 Å². The molecule has 0 saturated carbocycles. The first-order valence-electron chi connectivity index (χ1n) is 14.1. The summed E-state index contributed by atoms with van der Waals surface area (Å²) >= 11 is 1.83. The van der Waals surface area contributed by atoms with Gasteiger partial charge in [0, 0.05) is 73.4 Å². The van der Waals surface area contributed by atoms with Crippen LogP contribution < -0.4 is 4.90 Å². The molecule has 0 radical (unpaired) electrons. The van der Waals surface area contributed by atoms with Gasteiger partial charge in [0.05, 0.1) is 40.8 Å². The van der Waals surface area contributed by atoms with Crippen LogP contribution >= 0.6 is 11.3 Å². The summed E-state index contributed by atoms with van der Waals surface area (Å²) in [5.74, 6) is 1.76. The lowest BCUT2D eigenvalue weighted by Crippen LogP contribution is -2.55. The summed E-state index contributed by atoms with van der Waals surface area (Å²) in [5.41, 5.74) is 4.14. The van der Waals surface area contributed by atoms with Crippen LogP contribution in [-0.2, 0) is 17.8 Å². The molecule has 10 heteroatoms. The standard InChI is InChI=1S/C30H34N8OS/c1-20-16-36(17-21(2)38(20)18-22-6-3-4-9-31-22)19-23-14-27-28(40-23)30(37-10-12-39-13-11-37)34-29(33-27)24-7-5-8-26-25(24)15-32-35-26/h3-9,14-15,20-21H,10-13,16-19H2,1-2H3,(H,32,35)/t20-,21+. The third-order valence-electron chi connectivity index (χ3n) is 8.07. The van der Waals surface area contributed by atoms with Crippen LogP contribution in [0.1, 0.15) is 24.4 Å². The number of ether oxygens (including phenoxy) is 1. The van der Waals surface area contributed by atoms with E-state index in [9.17, 15) is 0 Å². The van der Waals surface area contributed by atoms with E-state index < -0.39 is 0 Å². The second-order valence-electron chi connectivity index (χ2n) is 10.9. The highest BCUT2D eigenvalue weighted by atomic mass is 32.1. The summed E-state index contributed by atoms with van der Waals surface area (Å²) in [6, 6.07) is 15.5. The summed E-state index contributed by atoms with van der Waals surface area (Å²) in [4.78, 5) is 23.7. The fraction of sp³-hybridized carbons (Fsp3) is 0.400. The highest BCUT2D eigenvalue weighted by Gasteiger charge is 2.30. The Morgan fingerprint density at radius 1 is 1.00 bits per heavy atom. The summed E-state index contributed by atoms with van der Waals surface area (Å²) < 4.78 is 6.82. The van der Waals surface area contributed by atoms with Gasteiger partial charge in [-0.05, 0) is 38.1 Å². The molecule has 2 aliphatic heterocycles. The third-order valence-corrected chi connectivity index (χ3v) is 9.17. The second kappa shape index (κ2) is 10.9. The zero-order chi connectivity index (χ0) is 27.1. The van der Waals surface area contributed by atoms with E-state index in [-0.39, 0.29) is 0 Å². The number of hydrogen-bond donors (Lipinski definition) is 1. The predicted octanol–water partition coefficient (Wildman–Crippen LogP) is 4.56. The minimum atomic E-state index is 0.450. The fourth-order valence-electron chi connectivity index (χ4n) is 6.12. The third kappa shape index (κ3) is 4.96. The van der Waals surface area contributed by atoms with Crippen LogP contribution in [0.25, 0.3) is 32.5 Å². The number of nitrogens with zero attached hydrogens (tertiary/aromatic N) is 7. The maximum absolute atomic E-state index is 5.66. The predicted molar refractivity (Wildman–Crippen MR) is 160 cm³/mol. The molecule has 0 unspecified atom stereocenters. The molecule has 206 valence electrons. The highest BCUT2D eigenvalue weighted by Crippen LogP contribution is 2.36. The highest BCUT2D eigenvalue weighted by molar-refractivity contribution is 7.19. The number of benzene rings is 1. The van der Waals surface area contributed by atoms with Gasteiger partial charge in [-0.2, -0.15) is 5.10 Å². The van der Waals surface area contributed by atoms with Crippen molar-refractivity contribution in [2.45, 2.75) is 39.0 Å². The molecule has 7 rings (SSSR count). The van der Waals surface area contributed by atoms with E-state index in [2.05, 4.69) is 68.0 Å². The first kappa shape index (κ1) is 25.5. The Labute approximate surface area is 237 Å². The normalized spacial score (nSPS) is 21.0. The zero-order valence-electron chi connectivity index (χ0n) is 23.0. The summed E-state index contributed by atoms with van der Waals surface area (Å²) in [7, 11) is 0. The number of piperazine rings is 1. The van der Waals surface area contributed by atoms with E-state index in [4.69, 9.17) is 14.7 Å². The summed E-state index contributed by atoms with van der Waals surface area (Å²) in [5, 5.41) is 8.37. The molecule has 0 spiro atoms. The van der Waals surface area contributed by atoms with E-state index in [0.29, 0.717) is 12.1 Å². The molecule has 2 atom stereocenters. The van der Waals surface area contributed by atoms with Crippen LogP contribution in [0.3, 0.4) is 0 Å². The lowest BCUT2D eigenvalue weighted by Gasteiger charge is -2.44. The fourth-order valence-corrected chi connectivity index (χ4v) is 7.28. The van der Waals surface area contributed by atoms with Crippen molar-refractivity contribution in [1.82, 2.24) is 34.9 Å². The molecule has 9 nitrogen and oxygen atoms in total. The molecule has 1 aromatic carbocycles. The quantitative estimate of drug-likeness (QED) is 0.327. The molecule has 0 aliphatic carbocycles. The molecule has 5 aromatic rings. The Kier molecular flexibility index (Phi) is 6.92. The van der Waals surface area contributed by atoms with Gasteiger partial charge in [-0.25, -0.2) is 9.97 Å². The lowest BCUT2D eigenvalue weighted by atomic mass is 10.1. The number of morpholine rings is 1. The van der Waals surface area contributed by atoms with Gasteiger partial charge in [0.2, 0.25) is 0 Å². The number of rotatable bonds is 6. The van der Waals surface area contributed by atoms with Crippen molar-refractivity contribution < 1.29 is 4.74 Å². The molecule has 0 amide bonds. The molecule has 40 heavy (non-hydrogen) atoms. The number of aromatic amines is 1. The molecule has 0 bridgehead atoms. The first-order valence-corrected chi connectivity index (χ1v) is 14.9. The number of aromatic nitrogens is 5. The summed E-state index contributed by atoms with van der Waals surface area (Å²) in [6.45, 7) is 11.6. The minimum absolute atomic E-state index is 0.450. The van der Waals surface area contributed by atoms with E-state index in [1.165, 1.54) is 4.88 Å². The van der Waals surface area contributed by atoms with Gasteiger partial charge in [0.15, 0.2) is 11.6 Å². The molecule has 2 fully saturated rings. The first-order chi connectivity index (χ1) is 19.6. The number of thiophene rings is 1. The SMILES string of the molecule is C[C@@H]1CN(Cc2cc3nc(-c4cccc5[nH]ncc45)nc(N4CCOCC4)c3s2)C[C@H](C)N1Cc1ccccn1. The summed E-state index contributed by atoms with van der Waals surface area (Å²) in [6.07, 6.45) is 3.75. The monoisotopic (exact) mass is 554 g/mol. The van der Waals surface area contributed by atoms with Crippen molar-refractivity contribution in [3.8, 4) is 11.4 Å². The maximum Gasteiger partial charge on any atom is 0.162 e. The van der Waals surface area contributed by atoms with E-state index in [0.717, 1.165) is 96.5 Å². The number of fused-ring (bicyclic) bond motifs is 2. The molecule has 6 heterocycles. The zero-order valence-corrected chi connectivity index (χ0v) is 23.8. The van der Waals surface area contributed by atoms with Crippen LogP contribution in [0.4, 0.5) is 5.82 Å². The molecule has 1 N–H and O–H groups in total. The number of nitrogens with one attached hydrogen (secondary N) is 1. The van der Waals surface area contributed by atoms with E-state index in [1.807, 2.05) is 41.9 Å². The van der Waals surface area contributed by atoms with Crippen molar-refractivity contribution in [3.63, 3.8) is 0 Å². The van der Waals surface area contributed by atoms with Crippen LogP contribution in [0.15, 0.2) is 54.9 Å². The van der Waals surface area contributed by atoms with Crippen LogP contribution in [0, 0.1) is 0 Å². The molecular weight excluding hydrogens is 520 g/mol.